The first-order valence-corrected chi connectivity index (χ1v) is 9.15. The van der Waals surface area contributed by atoms with Crippen LogP contribution in [0.3, 0.4) is 0 Å². The van der Waals surface area contributed by atoms with Crippen molar-refractivity contribution in [3.63, 3.8) is 0 Å². The van der Waals surface area contributed by atoms with E-state index < -0.39 is 0 Å². The van der Waals surface area contributed by atoms with Crippen molar-refractivity contribution in [2.24, 2.45) is 0 Å². The van der Waals surface area contributed by atoms with Crippen LogP contribution in [0.15, 0.2) is 0 Å². The molecule has 3 aliphatic rings. The molecule has 0 spiro atoms. The first kappa shape index (κ1) is 16.2. The van der Waals surface area contributed by atoms with Crippen molar-refractivity contribution < 1.29 is 9.53 Å². The summed E-state index contributed by atoms with van der Waals surface area (Å²) in [5.74, 6) is 0.341. The molecule has 0 N–H and O–H groups in total. The molecule has 0 saturated carbocycles. The highest BCUT2D eigenvalue weighted by molar-refractivity contribution is 5.78. The Labute approximate surface area is 134 Å². The molecule has 3 aliphatic heterocycles. The zero-order valence-corrected chi connectivity index (χ0v) is 13.8. The third kappa shape index (κ3) is 4.43. The molecule has 0 bridgehead atoms. The van der Waals surface area contributed by atoms with Gasteiger partial charge in [-0.3, -0.25) is 9.69 Å². The van der Waals surface area contributed by atoms with E-state index in [1.54, 1.807) is 0 Å². The van der Waals surface area contributed by atoms with E-state index in [0.717, 1.165) is 39.3 Å². The van der Waals surface area contributed by atoms with Gasteiger partial charge in [-0.1, -0.05) is 0 Å². The summed E-state index contributed by atoms with van der Waals surface area (Å²) in [5, 5.41) is 0. The van der Waals surface area contributed by atoms with Crippen molar-refractivity contribution in [3.05, 3.63) is 0 Å². The molecule has 0 aliphatic carbocycles. The van der Waals surface area contributed by atoms with Crippen molar-refractivity contribution in [1.29, 1.82) is 0 Å². The van der Waals surface area contributed by atoms with Gasteiger partial charge in [0.25, 0.3) is 0 Å². The zero-order chi connectivity index (χ0) is 15.2. The van der Waals surface area contributed by atoms with Gasteiger partial charge >= 0.3 is 0 Å². The van der Waals surface area contributed by atoms with Gasteiger partial charge in [0.2, 0.25) is 5.91 Å². The first-order chi connectivity index (χ1) is 10.8. The van der Waals surface area contributed by atoms with Gasteiger partial charge < -0.3 is 14.5 Å². The molecule has 3 heterocycles. The van der Waals surface area contributed by atoms with E-state index in [1.807, 2.05) is 0 Å². The summed E-state index contributed by atoms with van der Waals surface area (Å²) in [5.41, 5.74) is 0. The van der Waals surface area contributed by atoms with Crippen LogP contribution in [0.1, 0.15) is 38.5 Å². The van der Waals surface area contributed by atoms with E-state index in [9.17, 15) is 4.79 Å². The van der Waals surface area contributed by atoms with Crippen LogP contribution in [-0.2, 0) is 9.53 Å². The highest BCUT2D eigenvalue weighted by atomic mass is 16.5. The van der Waals surface area contributed by atoms with E-state index in [4.69, 9.17) is 4.74 Å². The Kier molecular flexibility index (Phi) is 6.10. The number of carbonyl (C=O) groups excluding carboxylic acids is 1. The van der Waals surface area contributed by atoms with Crippen LogP contribution in [0.2, 0.25) is 0 Å². The van der Waals surface area contributed by atoms with Crippen molar-refractivity contribution in [3.8, 4) is 0 Å². The molecular weight excluding hydrogens is 278 g/mol. The predicted octanol–water partition coefficient (Wildman–Crippen LogP) is 1.19. The van der Waals surface area contributed by atoms with E-state index in [0.29, 0.717) is 18.5 Å². The predicted molar refractivity (Wildman–Crippen MR) is 86.9 cm³/mol. The summed E-state index contributed by atoms with van der Waals surface area (Å²) in [6, 6.07) is 0.475. The van der Waals surface area contributed by atoms with Crippen LogP contribution in [0.25, 0.3) is 0 Å². The van der Waals surface area contributed by atoms with Crippen molar-refractivity contribution in [1.82, 2.24) is 14.7 Å². The van der Waals surface area contributed by atoms with Gasteiger partial charge in [-0.25, -0.2) is 0 Å². The van der Waals surface area contributed by atoms with Crippen LogP contribution in [0.4, 0.5) is 0 Å². The molecule has 3 fully saturated rings. The van der Waals surface area contributed by atoms with E-state index in [1.165, 1.54) is 51.7 Å². The first-order valence-electron chi connectivity index (χ1n) is 9.15. The molecule has 126 valence electrons. The highest BCUT2D eigenvalue weighted by Crippen LogP contribution is 2.21. The Balaban J connectivity index is 1.48. The molecule has 3 rings (SSSR count). The average Bonchev–Trinajstić information content (AvgIpc) is 3.07. The van der Waals surface area contributed by atoms with Gasteiger partial charge in [-0.05, 0) is 51.6 Å². The molecule has 0 aromatic rings. The van der Waals surface area contributed by atoms with Crippen molar-refractivity contribution in [2.75, 3.05) is 59.0 Å². The number of nitrogens with zero attached hydrogens (tertiary/aromatic N) is 3. The number of rotatable bonds is 5. The van der Waals surface area contributed by atoms with E-state index in [-0.39, 0.29) is 0 Å². The van der Waals surface area contributed by atoms with Gasteiger partial charge in [-0.15, -0.1) is 0 Å². The number of amides is 1. The van der Waals surface area contributed by atoms with Gasteiger partial charge in [-0.2, -0.15) is 0 Å². The van der Waals surface area contributed by atoms with Gasteiger partial charge in [0.1, 0.15) is 0 Å². The maximum Gasteiger partial charge on any atom is 0.237 e. The fourth-order valence-corrected chi connectivity index (χ4v) is 4.01. The number of morpholine rings is 1. The van der Waals surface area contributed by atoms with Crippen molar-refractivity contribution in [2.45, 2.75) is 44.6 Å². The lowest BCUT2D eigenvalue weighted by molar-refractivity contribution is -0.137. The normalized spacial score (nSPS) is 28.2. The monoisotopic (exact) mass is 309 g/mol. The molecule has 0 aromatic carbocycles. The maximum absolute atomic E-state index is 12.7. The fourth-order valence-electron chi connectivity index (χ4n) is 4.01. The molecule has 22 heavy (non-hydrogen) atoms. The summed E-state index contributed by atoms with van der Waals surface area (Å²) < 4.78 is 5.37. The van der Waals surface area contributed by atoms with E-state index >= 15 is 0 Å². The summed E-state index contributed by atoms with van der Waals surface area (Å²) in [6.45, 7) is 8.58. The van der Waals surface area contributed by atoms with E-state index in [2.05, 4.69) is 14.7 Å². The quantitative estimate of drug-likeness (QED) is 0.764. The van der Waals surface area contributed by atoms with Crippen LogP contribution in [0.5, 0.6) is 0 Å². The van der Waals surface area contributed by atoms with Gasteiger partial charge in [0.05, 0.1) is 19.8 Å². The second kappa shape index (κ2) is 8.27. The second-order valence-corrected chi connectivity index (χ2v) is 6.96. The minimum absolute atomic E-state index is 0.341. The number of piperidine rings is 1. The molecule has 3 saturated heterocycles. The molecule has 5 heteroatoms. The largest absolute Gasteiger partial charge is 0.379 e. The minimum atomic E-state index is 0.341. The fraction of sp³-hybridized carbons (Fsp3) is 0.941. The SMILES string of the molecule is O=C(CN1CCOCC1)N1CCCCC1CCN1CCCC1. The highest BCUT2D eigenvalue weighted by Gasteiger charge is 2.28. The average molecular weight is 309 g/mol. The Morgan fingerprint density at radius 3 is 2.41 bits per heavy atom. The smallest absolute Gasteiger partial charge is 0.237 e. The summed E-state index contributed by atoms with van der Waals surface area (Å²) in [7, 11) is 0. The summed E-state index contributed by atoms with van der Waals surface area (Å²) in [4.78, 5) is 19.7. The molecule has 1 atom stereocenters. The molecule has 0 radical (unpaired) electrons. The standard InChI is InChI=1S/C17H31N3O2/c21-17(15-19-11-13-22-14-12-19)20-9-2-1-5-16(20)6-10-18-7-3-4-8-18/h16H,1-15H2. The van der Waals surface area contributed by atoms with Crippen LogP contribution >= 0.6 is 0 Å². The van der Waals surface area contributed by atoms with Gasteiger partial charge in [0, 0.05) is 32.2 Å². The van der Waals surface area contributed by atoms with Crippen LogP contribution in [0, 0.1) is 0 Å². The number of hydrogen-bond acceptors (Lipinski definition) is 4. The van der Waals surface area contributed by atoms with Crippen molar-refractivity contribution >= 4 is 5.91 Å². The topological polar surface area (TPSA) is 36.0 Å². The summed E-state index contributed by atoms with van der Waals surface area (Å²) in [6.07, 6.45) is 7.52. The minimum Gasteiger partial charge on any atom is -0.379 e. The molecule has 1 unspecified atom stereocenters. The van der Waals surface area contributed by atoms with Crippen LogP contribution in [-0.4, -0.2) is 85.7 Å². The number of hydrogen-bond donors (Lipinski definition) is 0. The third-order valence-corrected chi connectivity index (χ3v) is 5.39. The second-order valence-electron chi connectivity index (χ2n) is 6.96. The van der Waals surface area contributed by atoms with Crippen LogP contribution < -0.4 is 0 Å². The Morgan fingerprint density at radius 1 is 0.909 bits per heavy atom. The molecule has 0 aromatic heterocycles. The Bertz CT molecular complexity index is 352. The molecule has 1 amide bonds. The number of carbonyl (C=O) groups is 1. The number of likely N-dealkylation sites (tertiary alicyclic amines) is 2. The summed E-state index contributed by atoms with van der Waals surface area (Å²) >= 11 is 0. The molecule has 5 nitrogen and oxygen atoms in total. The Morgan fingerprint density at radius 2 is 1.64 bits per heavy atom. The zero-order valence-electron chi connectivity index (χ0n) is 13.8. The third-order valence-electron chi connectivity index (χ3n) is 5.39. The lowest BCUT2D eigenvalue weighted by Gasteiger charge is -2.38. The van der Waals surface area contributed by atoms with Gasteiger partial charge in [0.15, 0.2) is 0 Å². The lowest BCUT2D eigenvalue weighted by Crippen LogP contribution is -2.50. The molecular formula is C17H31N3O2. The lowest BCUT2D eigenvalue weighted by atomic mass is 9.99. The maximum atomic E-state index is 12.7. The number of ether oxygens (including phenoxy) is 1. The Hall–Kier alpha value is -0.650.